The molecule has 0 aromatic carbocycles. The fourth-order valence-electron chi connectivity index (χ4n) is 1.90. The van der Waals surface area contributed by atoms with Crippen LogP contribution >= 0.6 is 0 Å². The molecule has 0 fully saturated rings. The summed E-state index contributed by atoms with van der Waals surface area (Å²) in [6.07, 6.45) is 4.70. The van der Waals surface area contributed by atoms with E-state index in [0.29, 0.717) is 22.6 Å². The first kappa shape index (κ1) is 11.4. The van der Waals surface area contributed by atoms with Gasteiger partial charge in [0, 0.05) is 12.4 Å². The van der Waals surface area contributed by atoms with Crippen molar-refractivity contribution in [1.29, 1.82) is 0 Å². The minimum atomic E-state index is -0.432. The van der Waals surface area contributed by atoms with Gasteiger partial charge >= 0.3 is 5.97 Å². The molecular formula is C12H10N4O3. The molecule has 0 aliphatic carbocycles. The molecule has 0 radical (unpaired) electrons. The average molecular weight is 258 g/mol. The summed E-state index contributed by atoms with van der Waals surface area (Å²) in [7, 11) is 1.33. The molecule has 3 aromatic rings. The first-order valence-corrected chi connectivity index (χ1v) is 5.53. The molecule has 7 heteroatoms. The van der Waals surface area contributed by atoms with Crippen molar-refractivity contribution in [1.82, 2.24) is 19.5 Å². The average Bonchev–Trinajstić information content (AvgIpc) is 3.04. The van der Waals surface area contributed by atoms with Crippen LogP contribution in [0.15, 0.2) is 29.4 Å². The molecule has 0 saturated heterocycles. The Morgan fingerprint density at radius 3 is 2.95 bits per heavy atom. The number of carbonyl (C=O) groups is 1. The number of ether oxygens (including phenoxy) is 1. The molecule has 0 aliphatic rings. The van der Waals surface area contributed by atoms with Gasteiger partial charge < -0.3 is 13.7 Å². The van der Waals surface area contributed by atoms with Crippen LogP contribution in [-0.2, 0) is 4.74 Å². The minimum Gasteiger partial charge on any atom is -0.465 e. The lowest BCUT2D eigenvalue weighted by Crippen LogP contribution is -2.04. The number of methoxy groups -OCH3 is 1. The number of rotatable bonds is 2. The third kappa shape index (κ3) is 1.85. The number of nitrogens with zero attached hydrogens (tertiary/aromatic N) is 4. The predicted octanol–water partition coefficient (Wildman–Crippen LogP) is 1.48. The van der Waals surface area contributed by atoms with Gasteiger partial charge in [0.05, 0.1) is 23.9 Å². The molecule has 0 unspecified atom stereocenters. The van der Waals surface area contributed by atoms with E-state index in [1.807, 2.05) is 13.1 Å². The van der Waals surface area contributed by atoms with Gasteiger partial charge in [0.1, 0.15) is 5.65 Å². The summed E-state index contributed by atoms with van der Waals surface area (Å²) in [4.78, 5) is 20.0. The third-order valence-corrected chi connectivity index (χ3v) is 2.69. The molecule has 3 heterocycles. The van der Waals surface area contributed by atoms with Crippen LogP contribution in [0.4, 0.5) is 0 Å². The molecule has 0 N–H and O–H groups in total. The SMILES string of the molecule is COC(=O)c1cc(-c2ncon2)c2nc(C)cn2c1. The lowest BCUT2D eigenvalue weighted by Gasteiger charge is -2.04. The summed E-state index contributed by atoms with van der Waals surface area (Å²) in [6.45, 7) is 1.87. The molecule has 0 aliphatic heterocycles. The Bertz CT molecular complexity index is 746. The highest BCUT2D eigenvalue weighted by molar-refractivity contribution is 5.92. The molecule has 96 valence electrons. The maximum absolute atomic E-state index is 11.7. The van der Waals surface area contributed by atoms with Crippen molar-refractivity contribution in [2.45, 2.75) is 6.92 Å². The summed E-state index contributed by atoms with van der Waals surface area (Å²) in [5, 5.41) is 3.78. The van der Waals surface area contributed by atoms with Gasteiger partial charge in [-0.1, -0.05) is 5.16 Å². The molecule has 0 bridgehead atoms. The number of hydrogen-bond donors (Lipinski definition) is 0. The van der Waals surface area contributed by atoms with E-state index in [9.17, 15) is 4.79 Å². The Hall–Kier alpha value is -2.70. The number of pyridine rings is 1. The van der Waals surface area contributed by atoms with Crippen molar-refractivity contribution >= 4 is 11.6 Å². The monoisotopic (exact) mass is 258 g/mol. The second-order valence-corrected chi connectivity index (χ2v) is 4.00. The number of aromatic nitrogens is 4. The number of imidazole rings is 1. The summed E-state index contributed by atoms with van der Waals surface area (Å²) in [5.74, 6) is -0.0562. The maximum Gasteiger partial charge on any atom is 0.339 e. The summed E-state index contributed by atoms with van der Waals surface area (Å²) in [5.41, 5.74) is 2.50. The van der Waals surface area contributed by atoms with Crippen molar-refractivity contribution in [3.8, 4) is 11.4 Å². The Labute approximate surface area is 107 Å². The maximum atomic E-state index is 11.7. The Morgan fingerprint density at radius 2 is 2.26 bits per heavy atom. The number of carbonyl (C=O) groups excluding carboxylic acids is 1. The second-order valence-electron chi connectivity index (χ2n) is 4.00. The van der Waals surface area contributed by atoms with E-state index in [0.717, 1.165) is 5.69 Å². The van der Waals surface area contributed by atoms with E-state index >= 15 is 0 Å². The largest absolute Gasteiger partial charge is 0.465 e. The van der Waals surface area contributed by atoms with Gasteiger partial charge in [-0.2, -0.15) is 4.98 Å². The van der Waals surface area contributed by atoms with Crippen LogP contribution in [0, 0.1) is 6.92 Å². The fourth-order valence-corrected chi connectivity index (χ4v) is 1.90. The van der Waals surface area contributed by atoms with E-state index in [-0.39, 0.29) is 0 Å². The highest BCUT2D eigenvalue weighted by atomic mass is 16.5. The van der Waals surface area contributed by atoms with Crippen molar-refractivity contribution in [3.63, 3.8) is 0 Å². The smallest absolute Gasteiger partial charge is 0.339 e. The number of hydrogen-bond acceptors (Lipinski definition) is 6. The quantitative estimate of drug-likeness (QED) is 0.647. The molecule has 3 rings (SSSR count). The highest BCUT2D eigenvalue weighted by Gasteiger charge is 2.16. The van der Waals surface area contributed by atoms with Gasteiger partial charge in [-0.05, 0) is 13.0 Å². The van der Waals surface area contributed by atoms with Gasteiger partial charge in [-0.25, -0.2) is 9.78 Å². The van der Waals surface area contributed by atoms with Crippen LogP contribution in [-0.4, -0.2) is 32.6 Å². The fraction of sp³-hybridized carbons (Fsp3) is 0.167. The molecule has 0 spiro atoms. The van der Waals surface area contributed by atoms with Gasteiger partial charge in [0.2, 0.25) is 12.2 Å². The van der Waals surface area contributed by atoms with Crippen molar-refractivity contribution < 1.29 is 14.1 Å². The molecule has 7 nitrogen and oxygen atoms in total. The Balaban J connectivity index is 2.31. The van der Waals surface area contributed by atoms with E-state index in [1.54, 1.807) is 16.7 Å². The zero-order chi connectivity index (χ0) is 13.4. The highest BCUT2D eigenvalue weighted by Crippen LogP contribution is 2.23. The van der Waals surface area contributed by atoms with E-state index in [1.165, 1.54) is 13.5 Å². The molecule has 19 heavy (non-hydrogen) atoms. The Morgan fingerprint density at radius 1 is 1.42 bits per heavy atom. The van der Waals surface area contributed by atoms with Crippen LogP contribution in [0.1, 0.15) is 16.1 Å². The van der Waals surface area contributed by atoms with E-state index < -0.39 is 5.97 Å². The predicted molar refractivity (Wildman–Crippen MR) is 64.6 cm³/mol. The van der Waals surface area contributed by atoms with Gasteiger partial charge in [0.25, 0.3) is 0 Å². The van der Waals surface area contributed by atoms with Crippen LogP contribution in [0.25, 0.3) is 17.0 Å². The molecule has 0 saturated carbocycles. The topological polar surface area (TPSA) is 82.5 Å². The zero-order valence-corrected chi connectivity index (χ0v) is 10.3. The number of aryl methyl sites for hydroxylation is 1. The van der Waals surface area contributed by atoms with Crippen molar-refractivity contribution in [2.24, 2.45) is 0 Å². The first-order chi connectivity index (χ1) is 9.19. The second kappa shape index (κ2) is 4.20. The standard InChI is InChI=1S/C12H10N4O3/c1-7-4-16-5-8(12(17)18-2)3-9(11(16)14-7)10-13-6-19-15-10/h3-6H,1-2H3. The summed E-state index contributed by atoms with van der Waals surface area (Å²) >= 11 is 0. The van der Waals surface area contributed by atoms with E-state index in [4.69, 9.17) is 9.26 Å². The molecule has 3 aromatic heterocycles. The summed E-state index contributed by atoms with van der Waals surface area (Å²) < 4.78 is 11.2. The number of fused-ring (bicyclic) bond motifs is 1. The molecule has 0 atom stereocenters. The lowest BCUT2D eigenvalue weighted by atomic mass is 10.2. The van der Waals surface area contributed by atoms with Crippen LogP contribution in [0.3, 0.4) is 0 Å². The van der Waals surface area contributed by atoms with E-state index in [2.05, 4.69) is 15.1 Å². The number of esters is 1. The Kier molecular flexibility index (Phi) is 2.52. The van der Waals surface area contributed by atoms with Crippen molar-refractivity contribution in [2.75, 3.05) is 7.11 Å². The minimum absolute atomic E-state index is 0.376. The van der Waals surface area contributed by atoms with Crippen LogP contribution in [0.2, 0.25) is 0 Å². The first-order valence-electron chi connectivity index (χ1n) is 5.53. The third-order valence-electron chi connectivity index (χ3n) is 2.69. The van der Waals surface area contributed by atoms with Crippen molar-refractivity contribution in [3.05, 3.63) is 36.1 Å². The molecular weight excluding hydrogens is 248 g/mol. The normalized spacial score (nSPS) is 10.8. The molecule has 0 amide bonds. The zero-order valence-electron chi connectivity index (χ0n) is 10.3. The van der Waals surface area contributed by atoms with Gasteiger partial charge in [0.15, 0.2) is 0 Å². The van der Waals surface area contributed by atoms with Gasteiger partial charge in [-0.3, -0.25) is 0 Å². The van der Waals surface area contributed by atoms with Crippen LogP contribution < -0.4 is 0 Å². The lowest BCUT2D eigenvalue weighted by molar-refractivity contribution is 0.0600. The van der Waals surface area contributed by atoms with Crippen LogP contribution in [0.5, 0.6) is 0 Å². The van der Waals surface area contributed by atoms with Gasteiger partial charge in [-0.15, -0.1) is 0 Å². The summed E-state index contributed by atoms with van der Waals surface area (Å²) in [6, 6.07) is 1.64.